The number of nitrogens with two attached hydrogens (primary N) is 1. The highest BCUT2D eigenvalue weighted by Gasteiger charge is 2.14. The van der Waals surface area contributed by atoms with Crippen LogP contribution < -0.4 is 11.1 Å². The van der Waals surface area contributed by atoms with Crippen LogP contribution in [0.1, 0.15) is 19.8 Å². The average molecular weight is 202 g/mol. The Labute approximate surface area is 81.5 Å². The SMILES string of the molecule is C[C@H](C=O)NC(=O)CC[C@H](N)C(=O)O. The van der Waals surface area contributed by atoms with Gasteiger partial charge < -0.3 is 21.0 Å². The summed E-state index contributed by atoms with van der Waals surface area (Å²) in [6.07, 6.45) is 0.660. The molecule has 0 fully saturated rings. The van der Waals surface area contributed by atoms with Crippen molar-refractivity contribution < 1.29 is 19.5 Å². The van der Waals surface area contributed by atoms with E-state index in [9.17, 15) is 14.4 Å². The van der Waals surface area contributed by atoms with Crippen LogP contribution in [0, 0.1) is 0 Å². The van der Waals surface area contributed by atoms with E-state index in [1.165, 1.54) is 6.92 Å². The van der Waals surface area contributed by atoms with E-state index in [-0.39, 0.29) is 18.7 Å². The van der Waals surface area contributed by atoms with Gasteiger partial charge in [0.2, 0.25) is 5.91 Å². The minimum absolute atomic E-state index is 0.00560. The number of aldehydes is 1. The highest BCUT2D eigenvalue weighted by Crippen LogP contribution is 1.95. The van der Waals surface area contributed by atoms with Crippen molar-refractivity contribution >= 4 is 18.2 Å². The van der Waals surface area contributed by atoms with Crippen molar-refractivity contribution in [3.8, 4) is 0 Å². The minimum atomic E-state index is -1.14. The fraction of sp³-hybridized carbons (Fsp3) is 0.625. The second-order valence-electron chi connectivity index (χ2n) is 2.98. The number of aliphatic carboxylic acids is 1. The summed E-state index contributed by atoms with van der Waals surface area (Å²) in [4.78, 5) is 31.5. The molecule has 0 spiro atoms. The molecule has 0 aliphatic heterocycles. The summed E-state index contributed by atoms with van der Waals surface area (Å²) in [6.45, 7) is 1.53. The van der Waals surface area contributed by atoms with Gasteiger partial charge in [0.05, 0.1) is 6.04 Å². The number of hydrogen-bond donors (Lipinski definition) is 3. The van der Waals surface area contributed by atoms with Gasteiger partial charge in [-0.25, -0.2) is 0 Å². The van der Waals surface area contributed by atoms with Gasteiger partial charge in [0, 0.05) is 6.42 Å². The molecule has 6 heteroatoms. The van der Waals surface area contributed by atoms with Gasteiger partial charge in [0.1, 0.15) is 12.3 Å². The van der Waals surface area contributed by atoms with Crippen molar-refractivity contribution in [1.29, 1.82) is 0 Å². The van der Waals surface area contributed by atoms with Crippen LogP contribution in [0.3, 0.4) is 0 Å². The number of carbonyl (C=O) groups is 3. The lowest BCUT2D eigenvalue weighted by Gasteiger charge is -2.08. The van der Waals surface area contributed by atoms with Crippen molar-refractivity contribution in [2.75, 3.05) is 0 Å². The minimum Gasteiger partial charge on any atom is -0.480 e. The summed E-state index contributed by atoms with van der Waals surface area (Å²) >= 11 is 0. The lowest BCUT2D eigenvalue weighted by atomic mass is 10.1. The van der Waals surface area contributed by atoms with E-state index in [1.54, 1.807) is 0 Å². The van der Waals surface area contributed by atoms with E-state index in [0.29, 0.717) is 6.29 Å². The highest BCUT2D eigenvalue weighted by molar-refractivity contribution is 5.80. The Morgan fingerprint density at radius 1 is 1.57 bits per heavy atom. The van der Waals surface area contributed by atoms with Gasteiger partial charge >= 0.3 is 5.97 Å². The standard InChI is InChI=1S/C8H14N2O4/c1-5(4-11)10-7(12)3-2-6(9)8(13)14/h4-6H,2-3,9H2,1H3,(H,10,12)(H,13,14)/t5-,6+/m1/s1. The quantitative estimate of drug-likeness (QED) is 0.473. The number of carbonyl (C=O) groups excluding carboxylic acids is 2. The Hall–Kier alpha value is -1.43. The van der Waals surface area contributed by atoms with Crippen molar-refractivity contribution in [3.63, 3.8) is 0 Å². The topological polar surface area (TPSA) is 109 Å². The van der Waals surface area contributed by atoms with Crippen LogP contribution in [0.2, 0.25) is 0 Å². The van der Waals surface area contributed by atoms with Crippen molar-refractivity contribution in [3.05, 3.63) is 0 Å². The van der Waals surface area contributed by atoms with Gasteiger partial charge in [-0.2, -0.15) is 0 Å². The fourth-order valence-corrected chi connectivity index (χ4v) is 0.770. The Morgan fingerprint density at radius 2 is 2.14 bits per heavy atom. The number of carboxylic acids is 1. The third-order valence-electron chi connectivity index (χ3n) is 1.59. The number of hydrogen-bond acceptors (Lipinski definition) is 4. The Bertz CT molecular complexity index is 229. The Morgan fingerprint density at radius 3 is 2.57 bits per heavy atom. The largest absolute Gasteiger partial charge is 0.480 e. The van der Waals surface area contributed by atoms with Crippen LogP contribution in [0.25, 0.3) is 0 Å². The maximum absolute atomic E-state index is 11.0. The molecule has 0 aliphatic rings. The van der Waals surface area contributed by atoms with Crippen LogP contribution >= 0.6 is 0 Å². The molecule has 1 amide bonds. The smallest absolute Gasteiger partial charge is 0.320 e. The zero-order valence-electron chi connectivity index (χ0n) is 7.90. The average Bonchev–Trinajstić information content (AvgIpc) is 2.13. The summed E-state index contributed by atoms with van der Waals surface area (Å²) in [6, 6.07) is -1.59. The van der Waals surface area contributed by atoms with E-state index in [0.717, 1.165) is 0 Å². The summed E-state index contributed by atoms with van der Waals surface area (Å²) in [5.74, 6) is -1.51. The van der Waals surface area contributed by atoms with Crippen LogP contribution in [0.5, 0.6) is 0 Å². The predicted molar refractivity (Wildman–Crippen MR) is 48.5 cm³/mol. The van der Waals surface area contributed by atoms with E-state index >= 15 is 0 Å². The van der Waals surface area contributed by atoms with E-state index < -0.39 is 18.1 Å². The molecular weight excluding hydrogens is 188 g/mol. The molecule has 0 radical (unpaired) electrons. The fourth-order valence-electron chi connectivity index (χ4n) is 0.770. The lowest BCUT2D eigenvalue weighted by Crippen LogP contribution is -2.36. The summed E-state index contributed by atoms with van der Waals surface area (Å²) < 4.78 is 0. The zero-order valence-corrected chi connectivity index (χ0v) is 7.90. The number of carboxylic acid groups (broad SMARTS) is 1. The molecule has 0 unspecified atom stereocenters. The molecule has 6 nitrogen and oxygen atoms in total. The first-order chi connectivity index (χ1) is 6.47. The molecule has 0 aromatic rings. The maximum Gasteiger partial charge on any atom is 0.320 e. The van der Waals surface area contributed by atoms with Crippen LogP contribution in [0.4, 0.5) is 0 Å². The molecule has 0 aliphatic carbocycles. The number of nitrogens with one attached hydrogen (secondary N) is 1. The second-order valence-corrected chi connectivity index (χ2v) is 2.98. The molecule has 0 heterocycles. The molecule has 0 rings (SSSR count). The molecular formula is C8H14N2O4. The third-order valence-corrected chi connectivity index (χ3v) is 1.59. The molecule has 0 saturated heterocycles. The lowest BCUT2D eigenvalue weighted by molar-refractivity contribution is -0.138. The van der Waals surface area contributed by atoms with Gasteiger partial charge in [-0.1, -0.05) is 0 Å². The first-order valence-corrected chi connectivity index (χ1v) is 4.20. The van der Waals surface area contributed by atoms with E-state index in [4.69, 9.17) is 10.8 Å². The van der Waals surface area contributed by atoms with Crippen LogP contribution in [-0.2, 0) is 14.4 Å². The number of rotatable bonds is 6. The molecule has 0 aromatic heterocycles. The van der Waals surface area contributed by atoms with Gasteiger partial charge in [-0.15, -0.1) is 0 Å². The molecule has 2 atom stereocenters. The van der Waals surface area contributed by atoms with Gasteiger partial charge in [0.25, 0.3) is 0 Å². The highest BCUT2D eigenvalue weighted by atomic mass is 16.4. The summed E-state index contributed by atoms with van der Waals surface area (Å²) in [7, 11) is 0. The zero-order chi connectivity index (χ0) is 11.1. The third kappa shape index (κ3) is 5.26. The van der Waals surface area contributed by atoms with Crippen molar-refractivity contribution in [2.24, 2.45) is 5.73 Å². The van der Waals surface area contributed by atoms with E-state index in [2.05, 4.69) is 5.32 Å². The number of amides is 1. The van der Waals surface area contributed by atoms with Crippen LogP contribution in [0.15, 0.2) is 0 Å². The Kier molecular flexibility index (Phi) is 5.47. The van der Waals surface area contributed by atoms with Crippen molar-refractivity contribution in [1.82, 2.24) is 5.32 Å². The van der Waals surface area contributed by atoms with E-state index in [1.807, 2.05) is 0 Å². The maximum atomic E-state index is 11.0. The summed E-state index contributed by atoms with van der Waals surface area (Å²) in [5.41, 5.74) is 5.18. The predicted octanol–water partition coefficient (Wildman–Crippen LogP) is -1.12. The monoisotopic (exact) mass is 202 g/mol. The van der Waals surface area contributed by atoms with Gasteiger partial charge in [-0.05, 0) is 13.3 Å². The van der Waals surface area contributed by atoms with Crippen LogP contribution in [-0.4, -0.2) is 35.4 Å². The summed E-state index contributed by atoms with van der Waals surface area (Å²) in [5, 5.41) is 10.8. The second kappa shape index (κ2) is 6.09. The molecule has 14 heavy (non-hydrogen) atoms. The molecule has 4 N–H and O–H groups in total. The van der Waals surface area contributed by atoms with Gasteiger partial charge in [-0.3, -0.25) is 9.59 Å². The molecule has 0 bridgehead atoms. The normalized spacial score (nSPS) is 14.1. The first-order valence-electron chi connectivity index (χ1n) is 4.20. The van der Waals surface area contributed by atoms with Crippen molar-refractivity contribution in [2.45, 2.75) is 31.8 Å². The first kappa shape index (κ1) is 12.6. The molecule has 80 valence electrons. The van der Waals surface area contributed by atoms with Gasteiger partial charge in [0.15, 0.2) is 0 Å². The molecule has 0 aromatic carbocycles. The molecule has 0 saturated carbocycles. The Balaban J connectivity index is 3.74.